The van der Waals surface area contributed by atoms with E-state index in [0.29, 0.717) is 40.0 Å². The lowest BCUT2D eigenvalue weighted by Gasteiger charge is -2.38. The van der Waals surface area contributed by atoms with Gasteiger partial charge in [0.05, 0.1) is 0 Å². The smallest absolute Gasteiger partial charge is 0.249 e. The van der Waals surface area contributed by atoms with Crippen LogP contribution in [0.4, 0.5) is 11.4 Å². The predicted octanol–water partition coefficient (Wildman–Crippen LogP) is 8.38. The van der Waals surface area contributed by atoms with Crippen LogP contribution in [0.2, 0.25) is 0 Å². The van der Waals surface area contributed by atoms with E-state index in [2.05, 4.69) is 5.32 Å². The van der Waals surface area contributed by atoms with Crippen molar-refractivity contribution in [2.75, 3.05) is 10.2 Å². The molecule has 0 saturated heterocycles. The number of rotatable bonds is 4. The third-order valence-corrected chi connectivity index (χ3v) is 10.2. The molecule has 6 nitrogen and oxygen atoms in total. The van der Waals surface area contributed by atoms with E-state index in [9.17, 15) is 14.7 Å². The molecule has 0 saturated carbocycles. The number of nitrogens with zero attached hydrogens (tertiary/aromatic N) is 1. The van der Waals surface area contributed by atoms with Gasteiger partial charge in [-0.25, -0.2) is 0 Å². The second-order valence-electron chi connectivity index (χ2n) is 12.6. The maximum Gasteiger partial charge on any atom is 0.249 e. The number of phenolic OH excluding ortho intramolecular Hbond substituents is 1. The van der Waals surface area contributed by atoms with E-state index < -0.39 is 17.4 Å². The van der Waals surface area contributed by atoms with Crippen LogP contribution >= 0.6 is 0 Å². The molecule has 1 aliphatic carbocycles. The maximum atomic E-state index is 15.1. The Labute approximate surface area is 281 Å². The Kier molecular flexibility index (Phi) is 6.29. The summed E-state index contributed by atoms with van der Waals surface area (Å²) < 4.78 is 0. The number of hydrogen-bond acceptors (Lipinski definition) is 4. The number of benzene rings is 7. The molecule has 1 spiro atoms. The lowest BCUT2D eigenvalue weighted by atomic mass is 9.63. The highest BCUT2D eigenvalue weighted by Crippen LogP contribution is 2.55. The Morgan fingerprint density at radius 3 is 2.00 bits per heavy atom. The van der Waals surface area contributed by atoms with Gasteiger partial charge in [-0.2, -0.15) is 0 Å². The quantitative estimate of drug-likeness (QED) is 0.190. The third-order valence-electron chi connectivity index (χ3n) is 10.2. The Balaban J connectivity index is 1.30. The van der Waals surface area contributed by atoms with Gasteiger partial charge in [0.25, 0.3) is 0 Å². The van der Waals surface area contributed by atoms with Gasteiger partial charge in [-0.3, -0.25) is 14.4 Å². The van der Waals surface area contributed by atoms with Crippen molar-refractivity contribution in [3.8, 4) is 16.9 Å². The SMILES string of the molecule is O=CN1c2ccc3ccccc3c2[C@]2(C(=O)C=Cc3ccccc32)[C@@H]1C(=O)Nc1ccc2ccccc2c1-c1c(O)ccc2ccccc12. The van der Waals surface area contributed by atoms with Gasteiger partial charge in [-0.1, -0.05) is 121 Å². The molecule has 1 heterocycles. The summed E-state index contributed by atoms with van der Waals surface area (Å²) in [6.45, 7) is 0. The van der Waals surface area contributed by atoms with Crippen molar-refractivity contribution >= 4 is 67.9 Å². The summed E-state index contributed by atoms with van der Waals surface area (Å²) in [6, 6.07) is 40.7. The third kappa shape index (κ3) is 3.98. The highest BCUT2D eigenvalue weighted by molar-refractivity contribution is 6.22. The van der Waals surface area contributed by atoms with Crippen LogP contribution in [-0.2, 0) is 19.8 Å². The summed E-state index contributed by atoms with van der Waals surface area (Å²) in [5.74, 6) is -0.737. The molecule has 0 unspecified atom stereocenters. The number of hydrogen-bond donors (Lipinski definition) is 2. The highest BCUT2D eigenvalue weighted by Gasteiger charge is 2.61. The first-order valence-electron chi connectivity index (χ1n) is 16.1. The van der Waals surface area contributed by atoms with Crippen LogP contribution in [0, 0.1) is 0 Å². The zero-order chi connectivity index (χ0) is 33.3. The standard InChI is InChI=1S/C43H28N2O4/c46-25-45-35-22-18-28-11-3-7-15-32(28)40(35)43(33-16-8-4-12-29(33)20-24-37(43)48)41(45)42(49)44-34-21-17-26-9-1-5-13-30(26)38(34)39-31-14-6-2-10-27(31)19-23-36(39)47/h1-25,41,47H,(H,44,49)/t41-,43-/m0/s1. The number of amides is 2. The zero-order valence-corrected chi connectivity index (χ0v) is 26.1. The molecule has 2 N–H and O–H groups in total. The van der Waals surface area contributed by atoms with Gasteiger partial charge in [0.2, 0.25) is 12.3 Å². The molecular weight excluding hydrogens is 608 g/mol. The van der Waals surface area contributed by atoms with Crippen molar-refractivity contribution in [1.29, 1.82) is 0 Å². The monoisotopic (exact) mass is 636 g/mol. The second kappa shape index (κ2) is 10.8. The molecule has 0 bridgehead atoms. The lowest BCUT2D eigenvalue weighted by molar-refractivity contribution is -0.126. The Morgan fingerprint density at radius 2 is 1.27 bits per heavy atom. The molecule has 0 aromatic heterocycles. The van der Waals surface area contributed by atoms with Gasteiger partial charge in [0.1, 0.15) is 17.2 Å². The minimum absolute atomic E-state index is 0.0674. The van der Waals surface area contributed by atoms with Crippen LogP contribution in [0.1, 0.15) is 16.7 Å². The van der Waals surface area contributed by atoms with Gasteiger partial charge >= 0.3 is 0 Å². The molecule has 0 fully saturated rings. The van der Waals surface area contributed by atoms with Gasteiger partial charge in [-0.15, -0.1) is 0 Å². The Bertz CT molecular complexity index is 2590. The van der Waals surface area contributed by atoms with Gasteiger partial charge in [-0.05, 0) is 67.7 Å². The summed E-state index contributed by atoms with van der Waals surface area (Å²) in [5, 5.41) is 19.8. The van der Waals surface area contributed by atoms with Gasteiger partial charge < -0.3 is 15.3 Å². The number of aromatic hydroxyl groups is 1. The molecule has 2 aliphatic rings. The average Bonchev–Trinajstić information content (AvgIpc) is 3.45. The number of carbonyl (C=O) groups excluding carboxylic acids is 3. The molecule has 7 aromatic carbocycles. The number of fused-ring (bicyclic) bond motifs is 8. The summed E-state index contributed by atoms with van der Waals surface area (Å²) in [5.41, 5.74) is 2.75. The summed E-state index contributed by atoms with van der Waals surface area (Å²) >= 11 is 0. The fourth-order valence-corrected chi connectivity index (χ4v) is 8.15. The number of phenols is 1. The molecule has 6 heteroatoms. The van der Waals surface area contributed by atoms with Crippen molar-refractivity contribution in [3.63, 3.8) is 0 Å². The Hall–Kier alpha value is -6.53. The molecule has 2 atom stereocenters. The van der Waals surface area contributed by atoms with Crippen molar-refractivity contribution in [2.24, 2.45) is 0 Å². The summed E-state index contributed by atoms with van der Waals surface area (Å²) in [4.78, 5) is 44.3. The van der Waals surface area contributed by atoms with Crippen molar-refractivity contribution in [1.82, 2.24) is 0 Å². The van der Waals surface area contributed by atoms with Crippen molar-refractivity contribution < 1.29 is 19.5 Å². The van der Waals surface area contributed by atoms with Crippen molar-refractivity contribution in [3.05, 3.63) is 156 Å². The van der Waals surface area contributed by atoms with E-state index in [1.54, 1.807) is 12.1 Å². The van der Waals surface area contributed by atoms with E-state index in [-0.39, 0.29) is 11.5 Å². The number of carbonyl (C=O) groups is 3. The summed E-state index contributed by atoms with van der Waals surface area (Å²) in [6.07, 6.45) is 3.95. The van der Waals surface area contributed by atoms with Crippen LogP contribution in [0.25, 0.3) is 49.5 Å². The van der Waals surface area contributed by atoms with Gasteiger partial charge in [0.15, 0.2) is 5.78 Å². The Morgan fingerprint density at radius 1 is 0.673 bits per heavy atom. The molecule has 49 heavy (non-hydrogen) atoms. The normalized spacial score (nSPS) is 17.8. The fraction of sp³-hybridized carbons (Fsp3) is 0.0465. The molecule has 1 aliphatic heterocycles. The molecular formula is C43H28N2O4. The fourth-order valence-electron chi connectivity index (χ4n) is 8.15. The van der Waals surface area contributed by atoms with Crippen LogP contribution in [0.3, 0.4) is 0 Å². The largest absolute Gasteiger partial charge is 0.507 e. The molecule has 2 amide bonds. The first kappa shape index (κ1) is 28.7. The number of allylic oxidation sites excluding steroid dienone is 1. The van der Waals surface area contributed by atoms with Gasteiger partial charge in [0, 0.05) is 28.1 Å². The highest BCUT2D eigenvalue weighted by atomic mass is 16.3. The van der Waals surface area contributed by atoms with Crippen LogP contribution in [0.15, 0.2) is 140 Å². The van der Waals surface area contributed by atoms with Crippen LogP contribution in [-0.4, -0.2) is 29.2 Å². The first-order chi connectivity index (χ1) is 24.0. The first-order valence-corrected chi connectivity index (χ1v) is 16.1. The maximum absolute atomic E-state index is 15.1. The van der Waals surface area contributed by atoms with Crippen molar-refractivity contribution in [2.45, 2.75) is 11.5 Å². The molecule has 9 rings (SSSR count). The minimum atomic E-state index is -1.52. The topological polar surface area (TPSA) is 86.7 Å². The van der Waals surface area contributed by atoms with E-state index in [1.165, 1.54) is 11.0 Å². The average molecular weight is 637 g/mol. The second-order valence-corrected chi connectivity index (χ2v) is 12.6. The number of anilines is 2. The molecule has 0 radical (unpaired) electrons. The van der Waals surface area contributed by atoms with E-state index in [4.69, 9.17) is 0 Å². The van der Waals surface area contributed by atoms with E-state index >= 15 is 4.79 Å². The molecule has 234 valence electrons. The number of ketones is 1. The zero-order valence-electron chi connectivity index (χ0n) is 26.1. The predicted molar refractivity (Wildman–Crippen MR) is 195 cm³/mol. The summed E-state index contributed by atoms with van der Waals surface area (Å²) in [7, 11) is 0. The van der Waals surface area contributed by atoms with Crippen LogP contribution < -0.4 is 10.2 Å². The van der Waals surface area contributed by atoms with E-state index in [1.807, 2.05) is 127 Å². The minimum Gasteiger partial charge on any atom is -0.507 e. The van der Waals surface area contributed by atoms with E-state index in [0.717, 1.165) is 37.9 Å². The lowest BCUT2D eigenvalue weighted by Crippen LogP contribution is -2.57. The number of nitrogens with one attached hydrogen (secondary N) is 1. The molecule has 7 aromatic rings. The van der Waals surface area contributed by atoms with Crippen LogP contribution in [0.5, 0.6) is 5.75 Å².